The number of nitro benzene ring substituents is 1. The van der Waals surface area contributed by atoms with Crippen molar-refractivity contribution >= 4 is 21.4 Å². The Balaban J connectivity index is 1.81. The minimum Gasteiger partial charge on any atom is -0.392 e. The number of rotatable bonds is 8. The van der Waals surface area contributed by atoms with E-state index >= 15 is 0 Å². The zero-order valence-electron chi connectivity index (χ0n) is 14.2. The summed E-state index contributed by atoms with van der Waals surface area (Å²) in [5, 5.41) is 20.6. The van der Waals surface area contributed by atoms with Crippen molar-refractivity contribution in [3.05, 3.63) is 34.4 Å². The van der Waals surface area contributed by atoms with Gasteiger partial charge >= 0.3 is 0 Å². The molecule has 1 aliphatic rings. The Morgan fingerprint density at radius 3 is 2.46 bits per heavy atom. The number of nitrogens with zero attached hydrogens (tertiary/aromatic N) is 2. The van der Waals surface area contributed by atoms with Crippen LogP contribution in [0.5, 0.6) is 0 Å². The summed E-state index contributed by atoms with van der Waals surface area (Å²) in [7, 11) is -3.76. The van der Waals surface area contributed by atoms with Crippen molar-refractivity contribution in [1.82, 2.24) is 4.90 Å². The van der Waals surface area contributed by atoms with Crippen LogP contribution >= 0.6 is 0 Å². The van der Waals surface area contributed by atoms with Crippen LogP contribution in [0.2, 0.25) is 0 Å². The third kappa shape index (κ3) is 5.75. The average molecular weight is 386 g/mol. The molecule has 9 nitrogen and oxygen atoms in total. The zero-order chi connectivity index (χ0) is 19.2. The number of non-ortho nitro benzene ring substituents is 1. The molecule has 1 atom stereocenters. The van der Waals surface area contributed by atoms with E-state index in [9.17, 15) is 28.4 Å². The third-order valence-corrected chi connectivity index (χ3v) is 5.92. The monoisotopic (exact) mass is 386 g/mol. The van der Waals surface area contributed by atoms with E-state index < -0.39 is 26.6 Å². The first-order chi connectivity index (χ1) is 12.3. The van der Waals surface area contributed by atoms with Gasteiger partial charge in [-0.05, 0) is 25.0 Å². The van der Waals surface area contributed by atoms with Gasteiger partial charge in [-0.3, -0.25) is 14.9 Å². The van der Waals surface area contributed by atoms with Gasteiger partial charge in [0, 0.05) is 31.6 Å². The summed E-state index contributed by atoms with van der Waals surface area (Å²) in [4.78, 5) is 23.6. The van der Waals surface area contributed by atoms with Crippen molar-refractivity contribution in [2.24, 2.45) is 0 Å². The maximum atomic E-state index is 12.2. The number of nitro groups is 1. The van der Waals surface area contributed by atoms with E-state index in [1.807, 2.05) is 0 Å². The van der Waals surface area contributed by atoms with Crippen LogP contribution in [-0.2, 0) is 19.4 Å². The quantitative estimate of drug-likeness (QED) is 0.516. The molecule has 2 rings (SSSR count). The zero-order valence-corrected chi connectivity index (χ0v) is 15.1. The highest BCUT2D eigenvalue weighted by molar-refractivity contribution is 7.91. The van der Waals surface area contributed by atoms with Gasteiger partial charge in [0.05, 0.1) is 34.9 Å². The van der Waals surface area contributed by atoms with Gasteiger partial charge in [0.25, 0.3) is 5.69 Å². The first-order valence-corrected chi connectivity index (χ1v) is 9.95. The van der Waals surface area contributed by atoms with Crippen LogP contribution in [0, 0.1) is 10.1 Å². The molecule has 1 saturated heterocycles. The van der Waals surface area contributed by atoms with Crippen LogP contribution in [0.4, 0.5) is 5.69 Å². The molecule has 1 aromatic carbocycles. The second kappa shape index (κ2) is 9.06. The van der Waals surface area contributed by atoms with Gasteiger partial charge in [-0.2, -0.15) is 0 Å². The highest BCUT2D eigenvalue weighted by Crippen LogP contribution is 2.18. The topological polar surface area (TPSA) is 127 Å². The van der Waals surface area contributed by atoms with Crippen LogP contribution in [0.1, 0.15) is 19.3 Å². The summed E-state index contributed by atoms with van der Waals surface area (Å²) in [5.41, 5.74) is -0.203. The lowest BCUT2D eigenvalue weighted by atomic mass is 10.1. The average Bonchev–Trinajstić information content (AvgIpc) is 2.62. The molecule has 0 aromatic heterocycles. The minimum atomic E-state index is -3.76. The predicted octanol–water partition coefficient (Wildman–Crippen LogP) is 0.758. The van der Waals surface area contributed by atoms with Gasteiger partial charge < -0.3 is 14.7 Å². The number of hydrogen-bond acceptors (Lipinski definition) is 7. The van der Waals surface area contributed by atoms with Crippen molar-refractivity contribution in [3.8, 4) is 0 Å². The number of sulfone groups is 1. The number of carbonyl (C=O) groups excluding carboxylic acids is 1. The molecule has 0 bridgehead atoms. The molecule has 1 amide bonds. The van der Waals surface area contributed by atoms with Crippen LogP contribution in [-0.4, -0.2) is 67.4 Å². The van der Waals surface area contributed by atoms with Crippen molar-refractivity contribution in [2.75, 3.05) is 32.1 Å². The molecular weight excluding hydrogens is 364 g/mol. The number of aliphatic hydroxyl groups is 1. The predicted molar refractivity (Wildman–Crippen MR) is 92.4 cm³/mol. The normalized spacial score (nSPS) is 16.3. The molecule has 26 heavy (non-hydrogen) atoms. The van der Waals surface area contributed by atoms with E-state index in [4.69, 9.17) is 4.74 Å². The Morgan fingerprint density at radius 2 is 1.88 bits per heavy atom. The lowest BCUT2D eigenvalue weighted by Crippen LogP contribution is -2.40. The molecule has 10 heteroatoms. The first kappa shape index (κ1) is 20.3. The standard InChI is InChI=1S/C16H22N2O7S/c19-14(2-1-3-16(20)17-8-10-25-11-9-17)12-26(23,24)15-6-4-13(5-7-15)18(21)22/h4-7,14,19H,1-3,8-12H2. The summed E-state index contributed by atoms with van der Waals surface area (Å²) < 4.78 is 29.7. The maximum Gasteiger partial charge on any atom is 0.269 e. The van der Waals surface area contributed by atoms with Crippen LogP contribution in [0.15, 0.2) is 29.2 Å². The number of hydrogen-bond donors (Lipinski definition) is 1. The Morgan fingerprint density at radius 1 is 1.27 bits per heavy atom. The van der Waals surface area contributed by atoms with E-state index in [2.05, 4.69) is 0 Å². The van der Waals surface area contributed by atoms with Crippen molar-refractivity contribution < 1.29 is 28.0 Å². The molecule has 0 aliphatic carbocycles. The summed E-state index contributed by atoms with van der Waals surface area (Å²) in [6, 6.07) is 4.53. The Hall–Kier alpha value is -2.04. The van der Waals surface area contributed by atoms with E-state index in [1.165, 1.54) is 0 Å². The molecule has 1 N–H and O–H groups in total. The summed E-state index contributed by atoms with van der Waals surface area (Å²) in [6.07, 6.45) is -0.294. The van der Waals surface area contributed by atoms with Crippen molar-refractivity contribution in [3.63, 3.8) is 0 Å². The van der Waals surface area contributed by atoms with Crippen LogP contribution in [0.3, 0.4) is 0 Å². The number of carbonyl (C=O) groups is 1. The highest BCUT2D eigenvalue weighted by Gasteiger charge is 2.22. The number of amides is 1. The molecule has 0 saturated carbocycles. The van der Waals surface area contributed by atoms with Crippen molar-refractivity contribution in [1.29, 1.82) is 0 Å². The fraction of sp³-hybridized carbons (Fsp3) is 0.562. The van der Waals surface area contributed by atoms with E-state index in [-0.39, 0.29) is 29.3 Å². The number of morpholine rings is 1. The van der Waals surface area contributed by atoms with Crippen LogP contribution in [0.25, 0.3) is 0 Å². The fourth-order valence-electron chi connectivity index (χ4n) is 2.67. The number of aliphatic hydroxyl groups excluding tert-OH is 1. The van der Waals surface area contributed by atoms with Gasteiger partial charge in [0.15, 0.2) is 9.84 Å². The molecule has 0 spiro atoms. The lowest BCUT2D eigenvalue weighted by Gasteiger charge is -2.27. The largest absolute Gasteiger partial charge is 0.392 e. The van der Waals surface area contributed by atoms with Gasteiger partial charge in [-0.1, -0.05) is 0 Å². The Bertz CT molecular complexity index is 727. The molecule has 1 unspecified atom stereocenters. The lowest BCUT2D eigenvalue weighted by molar-refractivity contribution is -0.384. The maximum absolute atomic E-state index is 12.2. The van der Waals surface area contributed by atoms with E-state index in [1.54, 1.807) is 4.90 Å². The molecule has 1 fully saturated rings. The molecule has 1 aromatic rings. The first-order valence-electron chi connectivity index (χ1n) is 8.30. The third-order valence-electron chi connectivity index (χ3n) is 4.11. The Labute approximate surface area is 151 Å². The smallest absolute Gasteiger partial charge is 0.269 e. The minimum absolute atomic E-state index is 0.0290. The van der Waals surface area contributed by atoms with Crippen molar-refractivity contribution in [2.45, 2.75) is 30.3 Å². The molecule has 144 valence electrons. The summed E-state index contributed by atoms with van der Waals surface area (Å²) in [5.74, 6) is -0.518. The van der Waals surface area contributed by atoms with Gasteiger partial charge in [0.2, 0.25) is 5.91 Å². The highest BCUT2D eigenvalue weighted by atomic mass is 32.2. The fourth-order valence-corrected chi connectivity index (χ4v) is 4.08. The SMILES string of the molecule is O=C(CCCC(O)CS(=O)(=O)c1ccc([N+](=O)[O-])cc1)N1CCOCC1. The molecule has 0 radical (unpaired) electrons. The summed E-state index contributed by atoms with van der Waals surface area (Å²) in [6.45, 7) is 2.13. The van der Waals surface area contributed by atoms with E-state index in [0.29, 0.717) is 32.7 Å². The van der Waals surface area contributed by atoms with Gasteiger partial charge in [-0.15, -0.1) is 0 Å². The number of ether oxygens (including phenoxy) is 1. The molecular formula is C16H22N2O7S. The van der Waals surface area contributed by atoms with E-state index in [0.717, 1.165) is 24.3 Å². The second-order valence-electron chi connectivity index (χ2n) is 6.07. The molecule has 1 heterocycles. The van der Waals surface area contributed by atoms with Crippen LogP contribution < -0.4 is 0 Å². The van der Waals surface area contributed by atoms with Gasteiger partial charge in [0.1, 0.15) is 0 Å². The Kier molecular flexibility index (Phi) is 7.06. The second-order valence-corrected chi connectivity index (χ2v) is 8.11. The number of benzene rings is 1. The summed E-state index contributed by atoms with van der Waals surface area (Å²) >= 11 is 0. The van der Waals surface area contributed by atoms with Gasteiger partial charge in [-0.25, -0.2) is 8.42 Å². The molecule has 1 aliphatic heterocycles.